The Morgan fingerprint density at radius 3 is 2.62 bits per heavy atom. The van der Waals surface area contributed by atoms with E-state index < -0.39 is 17.4 Å². The van der Waals surface area contributed by atoms with Crippen LogP contribution < -0.4 is 5.69 Å². The number of imidazole rings is 1. The Bertz CT molecular complexity index is 1570. The third-order valence-electron chi connectivity index (χ3n) is 8.53. The van der Waals surface area contributed by atoms with Gasteiger partial charge in [0.2, 0.25) is 0 Å². The fourth-order valence-electron chi connectivity index (χ4n) is 6.31. The van der Waals surface area contributed by atoms with Gasteiger partial charge in [-0.2, -0.15) is 13.2 Å². The van der Waals surface area contributed by atoms with Gasteiger partial charge >= 0.3 is 11.9 Å². The van der Waals surface area contributed by atoms with Gasteiger partial charge in [-0.15, -0.1) is 10.2 Å². The molecule has 1 aromatic carbocycles. The van der Waals surface area contributed by atoms with Crippen molar-refractivity contribution in [2.24, 2.45) is 13.0 Å². The normalized spacial score (nSPS) is 19.4. The van der Waals surface area contributed by atoms with Crippen LogP contribution in [-0.4, -0.2) is 54.9 Å². The van der Waals surface area contributed by atoms with Gasteiger partial charge < -0.3 is 9.30 Å². The highest BCUT2D eigenvalue weighted by molar-refractivity contribution is 5.58. The maximum atomic E-state index is 14.3. The van der Waals surface area contributed by atoms with Crippen LogP contribution in [-0.2, 0) is 24.5 Å². The van der Waals surface area contributed by atoms with Crippen molar-refractivity contribution in [3.63, 3.8) is 0 Å². The summed E-state index contributed by atoms with van der Waals surface area (Å²) in [6.45, 7) is 1.63. The Balaban J connectivity index is 1.42. The highest BCUT2D eigenvalue weighted by atomic mass is 19.4. The lowest BCUT2D eigenvalue weighted by Gasteiger charge is -2.33. The van der Waals surface area contributed by atoms with E-state index in [9.17, 15) is 18.0 Å². The zero-order valence-electron chi connectivity index (χ0n) is 22.6. The van der Waals surface area contributed by atoms with Crippen LogP contribution in [0.2, 0.25) is 0 Å². The smallest absolute Gasteiger partial charge is 0.383 e. The Kier molecular flexibility index (Phi) is 7.03. The van der Waals surface area contributed by atoms with Gasteiger partial charge in [0.05, 0.1) is 23.4 Å². The van der Waals surface area contributed by atoms with Crippen molar-refractivity contribution in [2.45, 2.75) is 56.8 Å². The van der Waals surface area contributed by atoms with Gasteiger partial charge in [0, 0.05) is 45.1 Å². The molecule has 0 bridgehead atoms. The van der Waals surface area contributed by atoms with Crippen molar-refractivity contribution in [3.05, 3.63) is 82.1 Å². The van der Waals surface area contributed by atoms with Gasteiger partial charge in [0.1, 0.15) is 12.2 Å². The van der Waals surface area contributed by atoms with Crippen LogP contribution in [0, 0.1) is 5.92 Å². The molecule has 2 atom stereocenters. The highest BCUT2D eigenvalue weighted by Crippen LogP contribution is 2.43. The lowest BCUT2D eigenvalue weighted by molar-refractivity contribution is -0.136. The molecule has 0 amide bonds. The Morgan fingerprint density at radius 2 is 1.95 bits per heavy atom. The molecule has 4 aromatic rings. The summed E-state index contributed by atoms with van der Waals surface area (Å²) >= 11 is 0. The molecule has 212 valence electrons. The standard InChI is InChI=1S/C29H33F3N6O2/c1-35-18-33-34-27(35)26(20-6-3-7-20)21-8-4-9-22(13-21)37-16-25-24(29(30,31)32)12-19(15-38(25)28(37)39)14-36-11-5-10-23(36)17-40-2/h4,8-9,12-13,15-16,18,20,23,26H,3,5-7,10-11,14,17H2,1-2H3/t23-,26-/m0/s1. The van der Waals surface area contributed by atoms with E-state index in [-0.39, 0.29) is 17.5 Å². The van der Waals surface area contributed by atoms with E-state index in [2.05, 4.69) is 15.1 Å². The summed E-state index contributed by atoms with van der Waals surface area (Å²) < 4.78 is 52.5. The van der Waals surface area contributed by atoms with Crippen molar-refractivity contribution in [1.29, 1.82) is 0 Å². The van der Waals surface area contributed by atoms with Crippen LogP contribution in [0.1, 0.15) is 60.5 Å². The number of hydrogen-bond acceptors (Lipinski definition) is 5. The largest absolute Gasteiger partial charge is 0.418 e. The SMILES string of the molecule is COC[C@@H]1CCCN1Cc1cc(C(F)(F)F)c2cn(-c3cccc([C@@H](c4nncn4C)C4CCC4)c3)c(=O)n2c1. The molecule has 1 aliphatic heterocycles. The van der Waals surface area contributed by atoms with Crippen molar-refractivity contribution in [2.75, 3.05) is 20.3 Å². The first-order valence-corrected chi connectivity index (χ1v) is 13.8. The fourth-order valence-corrected chi connectivity index (χ4v) is 6.31. The molecule has 0 radical (unpaired) electrons. The summed E-state index contributed by atoms with van der Waals surface area (Å²) in [6, 6.07) is 8.82. The number of alkyl halides is 3. The number of fused-ring (bicyclic) bond motifs is 1. The minimum Gasteiger partial charge on any atom is -0.383 e. The van der Waals surface area contributed by atoms with E-state index in [0.29, 0.717) is 30.3 Å². The molecule has 6 rings (SSSR count). The molecule has 1 saturated carbocycles. The van der Waals surface area contributed by atoms with Gasteiger partial charge in [-0.25, -0.2) is 4.79 Å². The van der Waals surface area contributed by atoms with Gasteiger partial charge in [-0.05, 0) is 67.5 Å². The minimum atomic E-state index is -4.61. The van der Waals surface area contributed by atoms with Crippen molar-refractivity contribution in [1.82, 2.24) is 28.6 Å². The molecule has 1 saturated heterocycles. The molecular weight excluding hydrogens is 521 g/mol. The number of likely N-dealkylation sites (tertiary alicyclic amines) is 1. The Labute approximate surface area is 230 Å². The van der Waals surface area contributed by atoms with Crippen LogP contribution in [0.4, 0.5) is 13.2 Å². The van der Waals surface area contributed by atoms with Gasteiger partial charge in [-0.1, -0.05) is 18.6 Å². The number of ether oxygens (including phenoxy) is 1. The molecular formula is C29H33F3N6O2. The van der Waals surface area contributed by atoms with E-state index in [4.69, 9.17) is 4.74 Å². The summed E-state index contributed by atoms with van der Waals surface area (Å²) in [6.07, 6.45) is 5.09. The molecule has 3 aromatic heterocycles. The number of benzene rings is 1. The zero-order chi connectivity index (χ0) is 28.0. The number of halogens is 3. The quantitative estimate of drug-likeness (QED) is 0.314. The van der Waals surface area contributed by atoms with Crippen LogP contribution in [0.15, 0.2) is 53.8 Å². The number of hydrogen-bond donors (Lipinski definition) is 0. The second kappa shape index (κ2) is 10.5. The molecule has 0 N–H and O–H groups in total. The first kappa shape index (κ1) is 26.8. The number of methoxy groups -OCH3 is 1. The van der Waals surface area contributed by atoms with Gasteiger partial charge in [0.15, 0.2) is 0 Å². The molecule has 0 unspecified atom stereocenters. The summed E-state index contributed by atoms with van der Waals surface area (Å²) in [5, 5.41) is 8.42. The second-order valence-corrected chi connectivity index (χ2v) is 11.1. The van der Waals surface area contributed by atoms with Crippen molar-refractivity contribution >= 4 is 5.52 Å². The molecule has 4 heterocycles. The molecule has 2 aliphatic rings. The average molecular weight is 555 g/mol. The minimum absolute atomic E-state index is 0.00761. The molecule has 1 aliphatic carbocycles. The van der Waals surface area contributed by atoms with Crippen molar-refractivity contribution in [3.8, 4) is 5.69 Å². The topological polar surface area (TPSA) is 69.6 Å². The predicted octanol–water partition coefficient (Wildman–Crippen LogP) is 4.78. The van der Waals surface area contributed by atoms with E-state index in [1.807, 2.05) is 29.8 Å². The van der Waals surface area contributed by atoms with Gasteiger partial charge in [0.25, 0.3) is 0 Å². The number of pyridine rings is 1. The van der Waals surface area contributed by atoms with E-state index >= 15 is 0 Å². The maximum Gasteiger partial charge on any atom is 0.418 e. The molecule has 0 spiro atoms. The van der Waals surface area contributed by atoms with Crippen LogP contribution in [0.25, 0.3) is 11.2 Å². The first-order chi connectivity index (χ1) is 19.2. The lowest BCUT2D eigenvalue weighted by atomic mass is 9.72. The maximum absolute atomic E-state index is 14.3. The predicted molar refractivity (Wildman–Crippen MR) is 143 cm³/mol. The summed E-state index contributed by atoms with van der Waals surface area (Å²) in [5.74, 6) is 1.23. The molecule has 40 heavy (non-hydrogen) atoms. The van der Waals surface area contributed by atoms with Crippen molar-refractivity contribution < 1.29 is 17.9 Å². The molecule has 8 nitrogen and oxygen atoms in total. The Hall–Kier alpha value is -3.44. The van der Waals surface area contributed by atoms with E-state index in [1.54, 1.807) is 25.7 Å². The van der Waals surface area contributed by atoms with E-state index in [0.717, 1.165) is 54.4 Å². The number of aryl methyl sites for hydroxylation is 1. The highest BCUT2D eigenvalue weighted by Gasteiger charge is 2.36. The third-order valence-corrected chi connectivity index (χ3v) is 8.53. The van der Waals surface area contributed by atoms with Crippen LogP contribution in [0.3, 0.4) is 0 Å². The fraction of sp³-hybridized carbons (Fsp3) is 0.483. The number of aromatic nitrogens is 5. The van der Waals surface area contributed by atoms with Gasteiger partial charge in [-0.3, -0.25) is 13.9 Å². The zero-order valence-corrected chi connectivity index (χ0v) is 22.6. The monoisotopic (exact) mass is 554 g/mol. The van der Waals surface area contributed by atoms with Crippen LogP contribution >= 0.6 is 0 Å². The second-order valence-electron chi connectivity index (χ2n) is 11.1. The number of rotatable bonds is 8. The average Bonchev–Trinajstić information content (AvgIpc) is 3.60. The summed E-state index contributed by atoms with van der Waals surface area (Å²) in [4.78, 5) is 15.8. The molecule has 2 fully saturated rings. The number of nitrogens with zero attached hydrogens (tertiary/aromatic N) is 6. The molecule has 11 heteroatoms. The summed E-state index contributed by atoms with van der Waals surface area (Å²) in [5.41, 5.74) is 0.427. The first-order valence-electron chi connectivity index (χ1n) is 13.8. The lowest BCUT2D eigenvalue weighted by Crippen LogP contribution is -2.32. The third kappa shape index (κ3) is 4.85. The van der Waals surface area contributed by atoms with Crippen LogP contribution in [0.5, 0.6) is 0 Å². The van der Waals surface area contributed by atoms with E-state index in [1.165, 1.54) is 16.8 Å². The Morgan fingerprint density at radius 1 is 1.12 bits per heavy atom. The summed E-state index contributed by atoms with van der Waals surface area (Å²) in [7, 11) is 3.54.